The van der Waals surface area contributed by atoms with Crippen LogP contribution < -0.4 is 5.73 Å². The maximum atomic E-state index is 12.6. The fraction of sp³-hybridized carbons (Fsp3) is 0.923. The van der Waals surface area contributed by atoms with Crippen LogP contribution in [0.2, 0.25) is 0 Å². The number of halogens is 3. The smallest absolute Gasteiger partial charge is 0.342 e. The molecule has 116 valence electrons. The average Bonchev–Trinajstić information content (AvgIpc) is 2.40. The summed E-state index contributed by atoms with van der Waals surface area (Å²) in [5.41, 5.74) is 5.80. The first-order chi connectivity index (χ1) is 9.36. The highest BCUT2D eigenvalue weighted by molar-refractivity contribution is 5.78. The summed E-state index contributed by atoms with van der Waals surface area (Å²) in [4.78, 5) is 15.7. The zero-order valence-electron chi connectivity index (χ0n) is 11.5. The van der Waals surface area contributed by atoms with Crippen LogP contribution in [0, 0.1) is 5.92 Å². The van der Waals surface area contributed by atoms with E-state index in [2.05, 4.69) is 0 Å². The van der Waals surface area contributed by atoms with Crippen molar-refractivity contribution >= 4 is 5.91 Å². The number of nitrogens with zero attached hydrogens (tertiary/aromatic N) is 2. The second-order valence-corrected chi connectivity index (χ2v) is 5.81. The normalized spacial score (nSPS) is 24.1. The van der Waals surface area contributed by atoms with Crippen molar-refractivity contribution in [1.82, 2.24) is 9.80 Å². The van der Waals surface area contributed by atoms with Crippen LogP contribution in [0.3, 0.4) is 0 Å². The Morgan fingerprint density at radius 2 is 1.60 bits per heavy atom. The number of rotatable bonds is 2. The Bertz CT molecular complexity index is 332. The molecule has 20 heavy (non-hydrogen) atoms. The maximum absolute atomic E-state index is 12.6. The molecule has 0 unspecified atom stereocenters. The number of piperidine rings is 2. The summed E-state index contributed by atoms with van der Waals surface area (Å²) in [6.45, 7) is 2.34. The predicted molar refractivity (Wildman–Crippen MR) is 69.0 cm³/mol. The van der Waals surface area contributed by atoms with Crippen LogP contribution in [0.1, 0.15) is 25.7 Å². The quantitative estimate of drug-likeness (QED) is 0.832. The minimum Gasteiger partial charge on any atom is -0.342 e. The van der Waals surface area contributed by atoms with Crippen LogP contribution in [0.25, 0.3) is 0 Å². The van der Waals surface area contributed by atoms with E-state index in [1.807, 2.05) is 4.90 Å². The molecule has 0 aromatic carbocycles. The molecule has 0 spiro atoms. The number of hydrogen-bond acceptors (Lipinski definition) is 3. The average molecular weight is 293 g/mol. The standard InChI is InChI=1S/C13H22F3N3O/c14-13(15,16)10-1-7-19(8-2-10)12(20)9-18-5-3-11(17)4-6-18/h10-11H,1-9,17H2. The number of likely N-dealkylation sites (tertiary alicyclic amines) is 2. The largest absolute Gasteiger partial charge is 0.391 e. The fourth-order valence-corrected chi connectivity index (χ4v) is 2.86. The first-order valence-corrected chi connectivity index (χ1v) is 7.18. The summed E-state index contributed by atoms with van der Waals surface area (Å²) in [6.07, 6.45) is -2.31. The van der Waals surface area contributed by atoms with E-state index in [1.165, 1.54) is 0 Å². The molecular formula is C13H22F3N3O. The van der Waals surface area contributed by atoms with Gasteiger partial charge in [-0.3, -0.25) is 9.69 Å². The third kappa shape index (κ3) is 4.09. The molecule has 7 heteroatoms. The van der Waals surface area contributed by atoms with Crippen molar-refractivity contribution in [3.05, 3.63) is 0 Å². The molecule has 4 nitrogen and oxygen atoms in total. The summed E-state index contributed by atoms with van der Waals surface area (Å²) in [5.74, 6) is -1.30. The molecule has 0 saturated carbocycles. The van der Waals surface area contributed by atoms with Crippen molar-refractivity contribution in [3.8, 4) is 0 Å². The first kappa shape index (κ1) is 15.6. The molecule has 2 aliphatic rings. The Morgan fingerprint density at radius 3 is 2.10 bits per heavy atom. The minimum atomic E-state index is -4.13. The molecule has 2 heterocycles. The number of amides is 1. The Labute approximate surface area is 117 Å². The van der Waals surface area contributed by atoms with Gasteiger partial charge >= 0.3 is 6.18 Å². The second kappa shape index (κ2) is 6.30. The van der Waals surface area contributed by atoms with Crippen LogP contribution in [0.4, 0.5) is 13.2 Å². The minimum absolute atomic E-state index is 0.0279. The van der Waals surface area contributed by atoms with Gasteiger partial charge in [0.05, 0.1) is 12.5 Å². The molecule has 2 rings (SSSR count). The fourth-order valence-electron chi connectivity index (χ4n) is 2.86. The monoisotopic (exact) mass is 293 g/mol. The van der Waals surface area contributed by atoms with Gasteiger partial charge in [-0.25, -0.2) is 0 Å². The lowest BCUT2D eigenvalue weighted by molar-refractivity contribution is -0.186. The van der Waals surface area contributed by atoms with E-state index in [-0.39, 0.29) is 37.9 Å². The van der Waals surface area contributed by atoms with Gasteiger partial charge in [-0.1, -0.05) is 0 Å². The number of carbonyl (C=O) groups is 1. The highest BCUT2D eigenvalue weighted by Crippen LogP contribution is 2.34. The lowest BCUT2D eigenvalue weighted by Crippen LogP contribution is -2.48. The van der Waals surface area contributed by atoms with Gasteiger partial charge in [0.1, 0.15) is 0 Å². The molecule has 2 fully saturated rings. The lowest BCUT2D eigenvalue weighted by Gasteiger charge is -2.35. The van der Waals surface area contributed by atoms with Gasteiger partial charge in [0.25, 0.3) is 0 Å². The van der Waals surface area contributed by atoms with Crippen molar-refractivity contribution in [3.63, 3.8) is 0 Å². The highest BCUT2D eigenvalue weighted by atomic mass is 19.4. The zero-order chi connectivity index (χ0) is 14.8. The molecule has 2 aliphatic heterocycles. The van der Waals surface area contributed by atoms with Crippen LogP contribution in [0.15, 0.2) is 0 Å². The van der Waals surface area contributed by atoms with E-state index in [0.717, 1.165) is 25.9 Å². The molecule has 0 atom stereocenters. The van der Waals surface area contributed by atoms with E-state index in [4.69, 9.17) is 5.73 Å². The number of alkyl halides is 3. The molecule has 0 aliphatic carbocycles. The van der Waals surface area contributed by atoms with Gasteiger partial charge < -0.3 is 10.6 Å². The second-order valence-electron chi connectivity index (χ2n) is 5.81. The molecule has 0 bridgehead atoms. The number of carbonyl (C=O) groups excluding carboxylic acids is 1. The Hall–Kier alpha value is -0.820. The Balaban J connectivity index is 1.75. The lowest BCUT2D eigenvalue weighted by atomic mass is 9.96. The van der Waals surface area contributed by atoms with Crippen LogP contribution in [-0.2, 0) is 4.79 Å². The molecule has 2 N–H and O–H groups in total. The number of hydrogen-bond donors (Lipinski definition) is 1. The molecule has 1 amide bonds. The third-order valence-corrected chi connectivity index (χ3v) is 4.30. The van der Waals surface area contributed by atoms with Crippen molar-refractivity contribution in [1.29, 1.82) is 0 Å². The number of nitrogens with two attached hydrogens (primary N) is 1. The molecule has 0 radical (unpaired) electrons. The Morgan fingerprint density at radius 1 is 1.05 bits per heavy atom. The van der Waals surface area contributed by atoms with Gasteiger partial charge in [-0.05, 0) is 25.7 Å². The van der Waals surface area contributed by atoms with Gasteiger partial charge in [-0.15, -0.1) is 0 Å². The van der Waals surface area contributed by atoms with Crippen molar-refractivity contribution < 1.29 is 18.0 Å². The van der Waals surface area contributed by atoms with Crippen molar-refractivity contribution in [2.45, 2.75) is 37.9 Å². The van der Waals surface area contributed by atoms with Crippen molar-refractivity contribution in [2.75, 3.05) is 32.7 Å². The van der Waals surface area contributed by atoms with Gasteiger partial charge in [0.15, 0.2) is 0 Å². The summed E-state index contributed by atoms with van der Waals surface area (Å²) in [5, 5.41) is 0. The highest BCUT2D eigenvalue weighted by Gasteiger charge is 2.41. The summed E-state index contributed by atoms with van der Waals surface area (Å²) in [7, 11) is 0. The van der Waals surface area contributed by atoms with Gasteiger partial charge in [0.2, 0.25) is 5.91 Å². The van der Waals surface area contributed by atoms with Crippen molar-refractivity contribution in [2.24, 2.45) is 11.7 Å². The summed E-state index contributed by atoms with van der Waals surface area (Å²) in [6, 6.07) is 0.212. The van der Waals surface area contributed by atoms with Crippen LogP contribution in [-0.4, -0.2) is 60.6 Å². The van der Waals surface area contributed by atoms with E-state index < -0.39 is 12.1 Å². The van der Waals surface area contributed by atoms with E-state index >= 15 is 0 Å². The SMILES string of the molecule is NC1CCN(CC(=O)N2CCC(C(F)(F)F)CC2)CC1. The zero-order valence-corrected chi connectivity index (χ0v) is 11.5. The maximum Gasteiger partial charge on any atom is 0.391 e. The van der Waals surface area contributed by atoms with Crippen LogP contribution >= 0.6 is 0 Å². The van der Waals surface area contributed by atoms with E-state index in [9.17, 15) is 18.0 Å². The van der Waals surface area contributed by atoms with Gasteiger partial charge in [0, 0.05) is 32.2 Å². The van der Waals surface area contributed by atoms with Crippen LogP contribution in [0.5, 0.6) is 0 Å². The van der Waals surface area contributed by atoms with E-state index in [1.54, 1.807) is 4.90 Å². The molecule has 0 aromatic rings. The Kier molecular flexibility index (Phi) is 4.90. The van der Waals surface area contributed by atoms with Gasteiger partial charge in [-0.2, -0.15) is 13.2 Å². The predicted octanol–water partition coefficient (Wildman–Crippen LogP) is 1.21. The topological polar surface area (TPSA) is 49.6 Å². The molecule has 0 aromatic heterocycles. The molecule has 2 saturated heterocycles. The summed E-state index contributed by atoms with van der Waals surface area (Å²) >= 11 is 0. The third-order valence-electron chi connectivity index (χ3n) is 4.30. The first-order valence-electron chi connectivity index (χ1n) is 7.18. The van der Waals surface area contributed by atoms with E-state index in [0.29, 0.717) is 6.54 Å². The molecular weight excluding hydrogens is 271 g/mol. The summed E-state index contributed by atoms with van der Waals surface area (Å²) < 4.78 is 37.7.